The molecule has 24 heavy (non-hydrogen) atoms. The normalized spacial score (nSPS) is 19.6. The van der Waals surface area contributed by atoms with E-state index in [0.29, 0.717) is 18.0 Å². The quantitative estimate of drug-likeness (QED) is 0.576. The SMILES string of the molecule is O=C1CCCCN1CC1CCN(c2ccc(Br)cc2[N+](=O)[O-])CC1. The van der Waals surface area contributed by atoms with Crippen molar-refractivity contribution in [2.75, 3.05) is 31.1 Å². The monoisotopic (exact) mass is 395 g/mol. The number of hydrogen-bond donors (Lipinski definition) is 0. The number of benzene rings is 1. The molecule has 130 valence electrons. The number of halogens is 1. The van der Waals surface area contributed by atoms with Gasteiger partial charge in [-0.25, -0.2) is 0 Å². The van der Waals surface area contributed by atoms with Gasteiger partial charge in [0.05, 0.1) is 4.92 Å². The first kappa shape index (κ1) is 17.2. The molecule has 1 aromatic rings. The Hall–Kier alpha value is -1.63. The highest BCUT2D eigenvalue weighted by Crippen LogP contribution is 2.34. The van der Waals surface area contributed by atoms with E-state index in [0.717, 1.165) is 56.3 Å². The molecule has 2 aliphatic heterocycles. The number of nitro groups is 1. The standard InChI is InChI=1S/C17H22BrN3O3/c18-14-4-5-15(16(11-14)21(23)24)19-9-6-13(7-10-19)12-20-8-2-1-3-17(20)22/h4-5,11,13H,1-3,6-10,12H2. The summed E-state index contributed by atoms with van der Waals surface area (Å²) in [6.45, 7) is 3.33. The highest BCUT2D eigenvalue weighted by molar-refractivity contribution is 9.10. The van der Waals surface area contributed by atoms with Gasteiger partial charge in [0.15, 0.2) is 0 Å². The lowest BCUT2D eigenvalue weighted by atomic mass is 9.94. The third-order valence-corrected chi connectivity index (χ3v) is 5.48. The van der Waals surface area contributed by atoms with Crippen LogP contribution in [0.2, 0.25) is 0 Å². The van der Waals surface area contributed by atoms with E-state index in [-0.39, 0.29) is 16.5 Å². The van der Waals surface area contributed by atoms with Crippen molar-refractivity contribution in [3.8, 4) is 0 Å². The fraction of sp³-hybridized carbons (Fsp3) is 0.588. The first-order chi connectivity index (χ1) is 11.5. The number of nitrogens with zero attached hydrogens (tertiary/aromatic N) is 3. The van der Waals surface area contributed by atoms with Crippen LogP contribution in [0.5, 0.6) is 0 Å². The summed E-state index contributed by atoms with van der Waals surface area (Å²) in [5.74, 6) is 0.782. The Morgan fingerprint density at radius 2 is 1.96 bits per heavy atom. The molecule has 1 amide bonds. The summed E-state index contributed by atoms with van der Waals surface area (Å²) in [5, 5.41) is 11.3. The van der Waals surface area contributed by atoms with Gasteiger partial charge >= 0.3 is 0 Å². The van der Waals surface area contributed by atoms with Crippen LogP contribution in [0.1, 0.15) is 32.1 Å². The molecule has 0 spiro atoms. The van der Waals surface area contributed by atoms with Gasteiger partial charge in [0, 0.05) is 43.1 Å². The maximum Gasteiger partial charge on any atom is 0.293 e. The molecular weight excluding hydrogens is 374 g/mol. The van der Waals surface area contributed by atoms with E-state index in [2.05, 4.69) is 20.8 Å². The molecule has 0 unspecified atom stereocenters. The van der Waals surface area contributed by atoms with Crippen LogP contribution < -0.4 is 4.90 Å². The molecule has 2 aliphatic rings. The van der Waals surface area contributed by atoms with E-state index in [1.165, 1.54) is 0 Å². The lowest BCUT2D eigenvalue weighted by Crippen LogP contribution is -2.42. The van der Waals surface area contributed by atoms with Crippen molar-refractivity contribution in [3.63, 3.8) is 0 Å². The Kier molecular flexibility index (Phi) is 5.38. The zero-order valence-corrected chi connectivity index (χ0v) is 15.2. The highest BCUT2D eigenvalue weighted by atomic mass is 79.9. The zero-order valence-electron chi connectivity index (χ0n) is 13.6. The second-order valence-corrected chi connectivity index (χ2v) is 7.53. The van der Waals surface area contributed by atoms with Crippen molar-refractivity contribution in [1.82, 2.24) is 4.90 Å². The van der Waals surface area contributed by atoms with Crippen LogP contribution in [0.3, 0.4) is 0 Å². The molecule has 0 radical (unpaired) electrons. The summed E-state index contributed by atoms with van der Waals surface area (Å²) in [6, 6.07) is 5.23. The molecule has 2 fully saturated rings. The first-order valence-electron chi connectivity index (χ1n) is 8.51. The number of hydrogen-bond acceptors (Lipinski definition) is 4. The van der Waals surface area contributed by atoms with Crippen LogP contribution >= 0.6 is 15.9 Å². The Morgan fingerprint density at radius 3 is 2.62 bits per heavy atom. The maximum atomic E-state index is 11.9. The summed E-state index contributed by atoms with van der Waals surface area (Å²) in [5.41, 5.74) is 0.838. The predicted octanol–water partition coefficient (Wildman–Crippen LogP) is 3.59. The van der Waals surface area contributed by atoms with Crippen LogP contribution in [-0.4, -0.2) is 41.9 Å². The van der Waals surface area contributed by atoms with Crippen molar-refractivity contribution in [1.29, 1.82) is 0 Å². The zero-order chi connectivity index (χ0) is 17.1. The first-order valence-corrected chi connectivity index (χ1v) is 9.30. The minimum absolute atomic E-state index is 0.147. The summed E-state index contributed by atoms with van der Waals surface area (Å²) in [6.07, 6.45) is 4.74. The Bertz CT molecular complexity index is 630. The molecule has 1 aromatic carbocycles. The average molecular weight is 396 g/mol. The number of piperidine rings is 2. The third kappa shape index (κ3) is 3.88. The highest BCUT2D eigenvalue weighted by Gasteiger charge is 2.27. The van der Waals surface area contributed by atoms with E-state index in [4.69, 9.17) is 0 Å². The number of likely N-dealkylation sites (tertiary alicyclic amines) is 1. The summed E-state index contributed by atoms with van der Waals surface area (Å²) < 4.78 is 0.719. The van der Waals surface area contributed by atoms with Crippen LogP contribution in [0.4, 0.5) is 11.4 Å². The number of nitro benzene ring substituents is 1. The molecule has 0 N–H and O–H groups in total. The number of anilines is 1. The molecule has 0 aliphatic carbocycles. The second-order valence-electron chi connectivity index (χ2n) is 6.62. The fourth-order valence-corrected chi connectivity index (χ4v) is 3.98. The number of amides is 1. The number of rotatable bonds is 4. The molecule has 2 saturated heterocycles. The van der Waals surface area contributed by atoms with Gasteiger partial charge in [0.25, 0.3) is 5.69 Å². The van der Waals surface area contributed by atoms with Crippen molar-refractivity contribution in [3.05, 3.63) is 32.8 Å². The van der Waals surface area contributed by atoms with Crippen LogP contribution in [0.15, 0.2) is 22.7 Å². The molecular formula is C17H22BrN3O3. The van der Waals surface area contributed by atoms with Gasteiger partial charge in [-0.15, -0.1) is 0 Å². The lowest BCUT2D eigenvalue weighted by molar-refractivity contribution is -0.384. The summed E-state index contributed by atoms with van der Waals surface area (Å²) >= 11 is 3.30. The maximum absolute atomic E-state index is 11.9. The van der Waals surface area contributed by atoms with Gasteiger partial charge in [0.1, 0.15) is 5.69 Å². The summed E-state index contributed by atoms with van der Waals surface area (Å²) in [7, 11) is 0. The Labute approximate surface area is 150 Å². The van der Waals surface area contributed by atoms with E-state index in [1.54, 1.807) is 6.07 Å². The van der Waals surface area contributed by atoms with Gasteiger partial charge in [-0.2, -0.15) is 0 Å². The van der Waals surface area contributed by atoms with E-state index in [1.807, 2.05) is 17.0 Å². The Balaban J connectivity index is 1.61. The fourth-order valence-electron chi connectivity index (χ4n) is 3.63. The molecule has 0 saturated carbocycles. The topological polar surface area (TPSA) is 66.7 Å². The molecule has 0 aromatic heterocycles. The molecule has 3 rings (SSSR count). The lowest BCUT2D eigenvalue weighted by Gasteiger charge is -2.36. The van der Waals surface area contributed by atoms with Gasteiger partial charge < -0.3 is 9.80 Å². The largest absolute Gasteiger partial charge is 0.366 e. The molecule has 7 heteroatoms. The van der Waals surface area contributed by atoms with Gasteiger partial charge in [-0.3, -0.25) is 14.9 Å². The minimum Gasteiger partial charge on any atom is -0.366 e. The van der Waals surface area contributed by atoms with Crippen molar-refractivity contribution in [2.45, 2.75) is 32.1 Å². The van der Waals surface area contributed by atoms with Crippen molar-refractivity contribution < 1.29 is 9.72 Å². The van der Waals surface area contributed by atoms with E-state index in [9.17, 15) is 14.9 Å². The molecule has 0 bridgehead atoms. The predicted molar refractivity (Wildman–Crippen MR) is 96.2 cm³/mol. The van der Waals surface area contributed by atoms with Crippen LogP contribution in [0.25, 0.3) is 0 Å². The average Bonchev–Trinajstić information content (AvgIpc) is 2.58. The van der Waals surface area contributed by atoms with Crippen LogP contribution in [0, 0.1) is 16.0 Å². The Morgan fingerprint density at radius 1 is 1.21 bits per heavy atom. The van der Waals surface area contributed by atoms with Gasteiger partial charge in [-0.1, -0.05) is 15.9 Å². The van der Waals surface area contributed by atoms with Crippen molar-refractivity contribution in [2.24, 2.45) is 5.92 Å². The van der Waals surface area contributed by atoms with Gasteiger partial charge in [-0.05, 0) is 43.7 Å². The smallest absolute Gasteiger partial charge is 0.293 e. The van der Waals surface area contributed by atoms with Gasteiger partial charge in [0.2, 0.25) is 5.91 Å². The third-order valence-electron chi connectivity index (χ3n) is 4.99. The van der Waals surface area contributed by atoms with E-state index < -0.39 is 0 Å². The minimum atomic E-state index is -0.321. The summed E-state index contributed by atoms with van der Waals surface area (Å²) in [4.78, 5) is 27.0. The second kappa shape index (κ2) is 7.51. The molecule has 2 heterocycles. The number of carbonyl (C=O) groups excluding carboxylic acids is 1. The molecule has 0 atom stereocenters. The van der Waals surface area contributed by atoms with Crippen molar-refractivity contribution >= 4 is 33.2 Å². The number of carbonyl (C=O) groups is 1. The van der Waals surface area contributed by atoms with Crippen LogP contribution in [-0.2, 0) is 4.79 Å². The van der Waals surface area contributed by atoms with E-state index >= 15 is 0 Å². The molecule has 6 nitrogen and oxygen atoms in total.